The number of ether oxygens (including phenoxy) is 1. The highest BCUT2D eigenvalue weighted by Gasteiger charge is 2.28. The molecule has 0 bridgehead atoms. The van der Waals surface area contributed by atoms with E-state index in [4.69, 9.17) is 16.3 Å². The average molecular weight is 451 g/mol. The predicted molar refractivity (Wildman–Crippen MR) is 118 cm³/mol. The van der Waals surface area contributed by atoms with Gasteiger partial charge in [-0.2, -0.15) is 4.31 Å². The van der Waals surface area contributed by atoms with Gasteiger partial charge in [-0.25, -0.2) is 8.42 Å². The first-order valence-corrected chi connectivity index (χ1v) is 12.0. The molecule has 6 nitrogen and oxygen atoms in total. The van der Waals surface area contributed by atoms with Gasteiger partial charge in [0.25, 0.3) is 5.91 Å². The second kappa shape index (κ2) is 10.3. The Morgan fingerprint density at radius 3 is 2.47 bits per heavy atom. The number of halogens is 1. The smallest absolute Gasteiger partial charge is 0.251 e. The van der Waals surface area contributed by atoms with Crippen LogP contribution in [0.25, 0.3) is 0 Å². The predicted octanol–water partition coefficient (Wildman–Crippen LogP) is 3.89. The maximum atomic E-state index is 12.9. The van der Waals surface area contributed by atoms with E-state index in [9.17, 15) is 13.2 Å². The number of aryl methyl sites for hydroxylation is 1. The molecule has 1 aliphatic heterocycles. The number of benzene rings is 2. The molecular weight excluding hydrogens is 424 g/mol. The van der Waals surface area contributed by atoms with E-state index in [0.29, 0.717) is 26.2 Å². The van der Waals surface area contributed by atoms with Gasteiger partial charge in [0.1, 0.15) is 17.3 Å². The molecule has 1 N–H and O–H groups in total. The first kappa shape index (κ1) is 22.6. The van der Waals surface area contributed by atoms with Gasteiger partial charge < -0.3 is 10.1 Å². The zero-order valence-electron chi connectivity index (χ0n) is 17.1. The molecule has 0 unspecified atom stereocenters. The lowest BCUT2D eigenvalue weighted by atomic mass is 10.2. The summed E-state index contributed by atoms with van der Waals surface area (Å²) < 4.78 is 32.9. The van der Waals surface area contributed by atoms with E-state index in [1.807, 2.05) is 24.3 Å². The lowest BCUT2D eigenvalue weighted by Crippen LogP contribution is -2.36. The van der Waals surface area contributed by atoms with Gasteiger partial charge in [0.2, 0.25) is 10.0 Å². The Hall–Kier alpha value is -2.09. The molecule has 30 heavy (non-hydrogen) atoms. The largest absolute Gasteiger partial charge is 0.492 e. The third-order valence-corrected chi connectivity index (χ3v) is 7.49. The normalized spacial score (nSPS) is 15.0. The standard InChI is InChI=1S/C22H27ClN2O4S/c1-2-17-6-9-19(10-7-17)29-15-12-24-22(26)18-8-11-20(23)21(16-18)30(27,28)25-13-4-3-5-14-25/h6-11,16H,2-5,12-15H2,1H3,(H,24,26). The third kappa shape index (κ3) is 5.53. The van der Waals surface area contributed by atoms with Crippen LogP contribution in [0.15, 0.2) is 47.4 Å². The summed E-state index contributed by atoms with van der Waals surface area (Å²) in [6.07, 6.45) is 3.65. The Labute approximate surface area is 183 Å². The summed E-state index contributed by atoms with van der Waals surface area (Å²) in [5.41, 5.74) is 1.48. The van der Waals surface area contributed by atoms with Crippen molar-refractivity contribution >= 4 is 27.5 Å². The Morgan fingerprint density at radius 1 is 1.10 bits per heavy atom. The molecule has 0 spiro atoms. The van der Waals surface area contributed by atoms with E-state index >= 15 is 0 Å². The van der Waals surface area contributed by atoms with Crippen LogP contribution in [-0.2, 0) is 16.4 Å². The fourth-order valence-corrected chi connectivity index (χ4v) is 5.36. The summed E-state index contributed by atoms with van der Waals surface area (Å²) in [4.78, 5) is 12.5. The van der Waals surface area contributed by atoms with E-state index in [0.717, 1.165) is 31.4 Å². The van der Waals surface area contributed by atoms with Gasteiger partial charge in [-0.1, -0.05) is 37.1 Å². The summed E-state index contributed by atoms with van der Waals surface area (Å²) in [5, 5.41) is 2.88. The molecule has 1 amide bonds. The van der Waals surface area contributed by atoms with E-state index in [1.54, 1.807) is 0 Å². The van der Waals surface area contributed by atoms with Crippen molar-refractivity contribution in [3.05, 3.63) is 58.6 Å². The van der Waals surface area contributed by atoms with Crippen LogP contribution in [0.2, 0.25) is 5.02 Å². The summed E-state index contributed by atoms with van der Waals surface area (Å²) in [6, 6.07) is 12.1. The summed E-state index contributed by atoms with van der Waals surface area (Å²) >= 11 is 6.16. The van der Waals surface area contributed by atoms with Crippen molar-refractivity contribution in [2.75, 3.05) is 26.2 Å². The highest BCUT2D eigenvalue weighted by Crippen LogP contribution is 2.27. The second-order valence-corrected chi connectivity index (χ2v) is 9.53. The highest BCUT2D eigenvalue weighted by atomic mass is 35.5. The fourth-order valence-electron chi connectivity index (χ4n) is 3.34. The second-order valence-electron chi connectivity index (χ2n) is 7.21. The molecule has 3 rings (SSSR count). The number of nitrogens with one attached hydrogen (secondary N) is 1. The van der Waals surface area contributed by atoms with Crippen molar-refractivity contribution < 1.29 is 17.9 Å². The third-order valence-electron chi connectivity index (χ3n) is 5.11. The van der Waals surface area contributed by atoms with Crippen LogP contribution in [0.3, 0.4) is 0 Å². The van der Waals surface area contributed by atoms with Gasteiger partial charge in [0.15, 0.2) is 0 Å². The van der Waals surface area contributed by atoms with Crippen molar-refractivity contribution in [2.24, 2.45) is 0 Å². The van der Waals surface area contributed by atoms with Crippen molar-refractivity contribution in [1.29, 1.82) is 0 Å². The molecule has 162 valence electrons. The van der Waals surface area contributed by atoms with Crippen LogP contribution in [-0.4, -0.2) is 44.9 Å². The van der Waals surface area contributed by atoms with Crippen LogP contribution < -0.4 is 10.1 Å². The number of amides is 1. The fraction of sp³-hybridized carbons (Fsp3) is 0.409. The number of carbonyl (C=O) groups is 1. The van der Waals surface area contributed by atoms with Gasteiger partial charge in [-0.05, 0) is 55.2 Å². The SMILES string of the molecule is CCc1ccc(OCCNC(=O)c2ccc(Cl)c(S(=O)(=O)N3CCCCC3)c2)cc1. The van der Waals surface area contributed by atoms with Crippen LogP contribution in [0.1, 0.15) is 42.1 Å². The molecule has 1 saturated heterocycles. The van der Waals surface area contributed by atoms with Gasteiger partial charge in [0, 0.05) is 18.7 Å². The Kier molecular flexibility index (Phi) is 7.75. The van der Waals surface area contributed by atoms with Crippen LogP contribution in [0.5, 0.6) is 5.75 Å². The van der Waals surface area contributed by atoms with Crippen LogP contribution in [0.4, 0.5) is 0 Å². The topological polar surface area (TPSA) is 75.7 Å². The molecule has 0 aromatic heterocycles. The molecule has 1 aliphatic rings. The molecule has 0 radical (unpaired) electrons. The Balaban J connectivity index is 1.60. The number of nitrogens with zero attached hydrogens (tertiary/aromatic N) is 1. The van der Waals surface area contributed by atoms with Crippen LogP contribution >= 0.6 is 11.6 Å². The molecule has 1 fully saturated rings. The number of hydrogen-bond donors (Lipinski definition) is 1. The van der Waals surface area contributed by atoms with E-state index in [2.05, 4.69) is 12.2 Å². The molecule has 8 heteroatoms. The zero-order valence-corrected chi connectivity index (χ0v) is 18.6. The van der Waals surface area contributed by atoms with Gasteiger partial charge >= 0.3 is 0 Å². The average Bonchev–Trinajstić information content (AvgIpc) is 2.77. The Morgan fingerprint density at radius 2 is 1.80 bits per heavy atom. The molecule has 0 aliphatic carbocycles. The van der Waals surface area contributed by atoms with Crippen molar-refractivity contribution in [3.63, 3.8) is 0 Å². The van der Waals surface area contributed by atoms with E-state index < -0.39 is 10.0 Å². The van der Waals surface area contributed by atoms with Gasteiger partial charge in [-0.3, -0.25) is 4.79 Å². The Bertz CT molecular complexity index is 971. The number of piperidine rings is 1. The van der Waals surface area contributed by atoms with Crippen molar-refractivity contribution in [2.45, 2.75) is 37.5 Å². The lowest BCUT2D eigenvalue weighted by Gasteiger charge is -2.26. The minimum absolute atomic E-state index is 0.0222. The highest BCUT2D eigenvalue weighted by molar-refractivity contribution is 7.89. The maximum absolute atomic E-state index is 12.9. The first-order chi connectivity index (χ1) is 14.4. The minimum atomic E-state index is -3.72. The molecule has 2 aromatic carbocycles. The van der Waals surface area contributed by atoms with Crippen molar-refractivity contribution in [1.82, 2.24) is 9.62 Å². The molecular formula is C22H27ClN2O4S. The van der Waals surface area contributed by atoms with Crippen molar-refractivity contribution in [3.8, 4) is 5.75 Å². The van der Waals surface area contributed by atoms with E-state index in [1.165, 1.54) is 28.1 Å². The zero-order chi connectivity index (χ0) is 21.6. The summed E-state index contributed by atoms with van der Waals surface area (Å²) in [5.74, 6) is 0.370. The molecule has 0 atom stereocenters. The number of hydrogen-bond acceptors (Lipinski definition) is 4. The number of sulfonamides is 1. The summed E-state index contributed by atoms with van der Waals surface area (Å²) in [7, 11) is -3.72. The van der Waals surface area contributed by atoms with Gasteiger partial charge in [-0.15, -0.1) is 0 Å². The van der Waals surface area contributed by atoms with E-state index in [-0.39, 0.29) is 21.4 Å². The quantitative estimate of drug-likeness (QED) is 0.619. The summed E-state index contributed by atoms with van der Waals surface area (Å²) in [6.45, 7) is 3.65. The maximum Gasteiger partial charge on any atom is 0.251 e. The minimum Gasteiger partial charge on any atom is -0.492 e. The monoisotopic (exact) mass is 450 g/mol. The van der Waals surface area contributed by atoms with Gasteiger partial charge in [0.05, 0.1) is 11.6 Å². The lowest BCUT2D eigenvalue weighted by molar-refractivity contribution is 0.0947. The number of rotatable bonds is 8. The molecule has 2 aromatic rings. The first-order valence-electron chi connectivity index (χ1n) is 10.2. The molecule has 1 heterocycles. The van der Waals surface area contributed by atoms with Crippen LogP contribution in [0, 0.1) is 0 Å². The number of carbonyl (C=O) groups excluding carboxylic acids is 1. The molecule has 0 saturated carbocycles.